The summed E-state index contributed by atoms with van der Waals surface area (Å²) in [5.41, 5.74) is -0.0429. The van der Waals surface area contributed by atoms with Crippen molar-refractivity contribution in [1.82, 2.24) is 25.3 Å². The third-order valence-corrected chi connectivity index (χ3v) is 7.83. The van der Waals surface area contributed by atoms with E-state index in [1.165, 1.54) is 0 Å². The number of alkyl halides is 3. The molecule has 0 unspecified atom stereocenters. The molecule has 5 rings (SSSR count). The lowest BCUT2D eigenvalue weighted by molar-refractivity contribution is -0.141. The SMILES string of the molecule is CN(C)c1nc(NC2CCC(CNC(=O)C3CCN(c4nccc(C(F)(F)F)n4)CC3)CC2)nc2ccccc12. The van der Waals surface area contributed by atoms with Crippen molar-refractivity contribution in [3.05, 3.63) is 42.2 Å². The molecule has 12 heteroatoms. The van der Waals surface area contributed by atoms with Gasteiger partial charge >= 0.3 is 6.18 Å². The van der Waals surface area contributed by atoms with E-state index in [4.69, 9.17) is 9.97 Å². The first kappa shape index (κ1) is 27.9. The van der Waals surface area contributed by atoms with E-state index < -0.39 is 11.9 Å². The molecule has 1 saturated carbocycles. The Bertz CT molecular complexity index is 1320. The quantitative estimate of drug-likeness (QED) is 0.439. The van der Waals surface area contributed by atoms with Crippen LogP contribution < -0.4 is 20.4 Å². The van der Waals surface area contributed by atoms with Crippen molar-refractivity contribution in [3.8, 4) is 0 Å². The molecule has 1 saturated heterocycles. The Morgan fingerprint density at radius 2 is 1.73 bits per heavy atom. The number of fused-ring (bicyclic) bond motifs is 1. The molecule has 3 heterocycles. The van der Waals surface area contributed by atoms with Crippen LogP contribution >= 0.6 is 0 Å². The van der Waals surface area contributed by atoms with Gasteiger partial charge in [-0.05, 0) is 62.6 Å². The summed E-state index contributed by atoms with van der Waals surface area (Å²) in [5.74, 6) is 1.86. The summed E-state index contributed by atoms with van der Waals surface area (Å²) in [6.45, 7) is 1.53. The monoisotopic (exact) mass is 556 g/mol. The van der Waals surface area contributed by atoms with Gasteiger partial charge in [0.1, 0.15) is 11.5 Å². The van der Waals surface area contributed by atoms with E-state index in [1.54, 1.807) is 4.90 Å². The van der Waals surface area contributed by atoms with Gasteiger partial charge in [0.15, 0.2) is 0 Å². The Labute approximate surface area is 231 Å². The van der Waals surface area contributed by atoms with Crippen molar-refractivity contribution in [1.29, 1.82) is 0 Å². The maximum atomic E-state index is 13.0. The van der Waals surface area contributed by atoms with Crippen molar-refractivity contribution in [2.75, 3.05) is 48.8 Å². The molecule has 0 atom stereocenters. The first-order valence-corrected chi connectivity index (χ1v) is 13.8. The second kappa shape index (κ2) is 11.8. The maximum absolute atomic E-state index is 13.0. The molecule has 0 radical (unpaired) electrons. The van der Waals surface area contributed by atoms with Crippen molar-refractivity contribution in [3.63, 3.8) is 0 Å². The summed E-state index contributed by atoms with van der Waals surface area (Å²) < 4.78 is 38.9. The van der Waals surface area contributed by atoms with Gasteiger partial charge < -0.3 is 20.4 Å². The van der Waals surface area contributed by atoms with Gasteiger partial charge in [0, 0.05) is 57.3 Å². The molecule has 2 N–H and O–H groups in total. The third kappa shape index (κ3) is 6.53. The number of carbonyl (C=O) groups is 1. The van der Waals surface area contributed by atoms with Gasteiger partial charge in [-0.25, -0.2) is 15.0 Å². The highest BCUT2D eigenvalue weighted by molar-refractivity contribution is 5.90. The summed E-state index contributed by atoms with van der Waals surface area (Å²) in [5, 5.41) is 7.66. The Balaban J connectivity index is 1.06. The molecule has 214 valence electrons. The van der Waals surface area contributed by atoms with E-state index in [9.17, 15) is 18.0 Å². The molecule has 40 heavy (non-hydrogen) atoms. The summed E-state index contributed by atoms with van der Waals surface area (Å²) in [7, 11) is 3.96. The second-order valence-electron chi connectivity index (χ2n) is 10.9. The third-order valence-electron chi connectivity index (χ3n) is 7.83. The second-order valence-corrected chi connectivity index (χ2v) is 10.9. The number of carbonyl (C=O) groups excluding carboxylic acids is 1. The average Bonchev–Trinajstić information content (AvgIpc) is 2.96. The molecule has 1 aliphatic carbocycles. The van der Waals surface area contributed by atoms with Gasteiger partial charge in [-0.3, -0.25) is 4.79 Å². The number of halogens is 3. The normalized spacial score (nSPS) is 20.4. The molecule has 2 fully saturated rings. The Kier molecular flexibility index (Phi) is 8.22. The molecule has 1 amide bonds. The highest BCUT2D eigenvalue weighted by atomic mass is 19.4. The fourth-order valence-corrected chi connectivity index (χ4v) is 5.55. The minimum Gasteiger partial charge on any atom is -0.362 e. The number of nitrogens with zero attached hydrogens (tertiary/aromatic N) is 6. The number of piperidine rings is 1. The van der Waals surface area contributed by atoms with Crippen molar-refractivity contribution in [2.24, 2.45) is 11.8 Å². The topological polar surface area (TPSA) is 99.2 Å². The van der Waals surface area contributed by atoms with Crippen molar-refractivity contribution in [2.45, 2.75) is 50.7 Å². The molecule has 1 aliphatic heterocycles. The van der Waals surface area contributed by atoms with E-state index in [2.05, 4.69) is 20.6 Å². The number of hydrogen-bond acceptors (Lipinski definition) is 8. The van der Waals surface area contributed by atoms with E-state index >= 15 is 0 Å². The lowest BCUT2D eigenvalue weighted by atomic mass is 9.86. The Hall–Kier alpha value is -3.70. The van der Waals surface area contributed by atoms with Gasteiger partial charge in [0.25, 0.3) is 0 Å². The number of aromatic nitrogens is 4. The molecule has 9 nitrogen and oxygen atoms in total. The van der Waals surface area contributed by atoms with Gasteiger partial charge in [0.2, 0.25) is 17.8 Å². The lowest BCUT2D eigenvalue weighted by Crippen LogP contribution is -2.42. The van der Waals surface area contributed by atoms with Crippen LogP contribution in [0.2, 0.25) is 0 Å². The van der Waals surface area contributed by atoms with Crippen LogP contribution in [0.25, 0.3) is 10.9 Å². The van der Waals surface area contributed by atoms with Gasteiger partial charge in [-0.2, -0.15) is 18.2 Å². The number of amides is 1. The first-order chi connectivity index (χ1) is 19.2. The molecule has 2 aromatic heterocycles. The zero-order valence-corrected chi connectivity index (χ0v) is 22.8. The molecule has 0 spiro atoms. The first-order valence-electron chi connectivity index (χ1n) is 13.8. The van der Waals surface area contributed by atoms with Gasteiger partial charge in [-0.1, -0.05) is 12.1 Å². The molecule has 1 aromatic carbocycles. The van der Waals surface area contributed by atoms with Gasteiger partial charge in [0.05, 0.1) is 5.52 Å². The largest absolute Gasteiger partial charge is 0.433 e. The number of anilines is 3. The molecule has 2 aliphatic rings. The van der Waals surface area contributed by atoms with Crippen LogP contribution in [0.15, 0.2) is 36.5 Å². The number of hydrogen-bond donors (Lipinski definition) is 2. The molecule has 0 bridgehead atoms. The number of nitrogens with one attached hydrogen (secondary N) is 2. The summed E-state index contributed by atoms with van der Waals surface area (Å²) >= 11 is 0. The summed E-state index contributed by atoms with van der Waals surface area (Å²) in [6.07, 6.45) is 1.68. The fourth-order valence-electron chi connectivity index (χ4n) is 5.55. The van der Waals surface area contributed by atoms with E-state index in [0.29, 0.717) is 44.3 Å². The standard InChI is InChI=1S/C28H35F3N8O/c1-38(2)24-21-5-3-4-6-22(21)35-26(37-24)34-20-9-7-18(8-10-20)17-33-25(40)19-12-15-39(16-13-19)27-32-14-11-23(36-27)28(29,30)31/h3-6,11,14,18-20H,7-10,12-13,15-17H2,1-2H3,(H,33,40)(H,34,35,37). The highest BCUT2D eigenvalue weighted by Gasteiger charge is 2.34. The predicted molar refractivity (Wildman–Crippen MR) is 148 cm³/mol. The maximum Gasteiger partial charge on any atom is 0.433 e. The lowest BCUT2D eigenvalue weighted by Gasteiger charge is -2.32. The zero-order valence-electron chi connectivity index (χ0n) is 22.8. The van der Waals surface area contributed by atoms with Crippen LogP contribution in [0, 0.1) is 11.8 Å². The fraction of sp³-hybridized carbons (Fsp3) is 0.536. The Morgan fingerprint density at radius 1 is 1.00 bits per heavy atom. The highest BCUT2D eigenvalue weighted by Crippen LogP contribution is 2.30. The number of rotatable bonds is 7. The van der Waals surface area contributed by atoms with Crippen LogP contribution in [-0.4, -0.2) is 65.6 Å². The molecular weight excluding hydrogens is 521 g/mol. The average molecular weight is 557 g/mol. The summed E-state index contributed by atoms with van der Waals surface area (Å²) in [6, 6.07) is 9.15. The number of para-hydroxylation sites is 1. The molecule has 3 aromatic rings. The minimum absolute atomic E-state index is 0.0191. The zero-order chi connectivity index (χ0) is 28.3. The van der Waals surface area contributed by atoms with Crippen LogP contribution in [-0.2, 0) is 11.0 Å². The Morgan fingerprint density at radius 3 is 2.42 bits per heavy atom. The predicted octanol–water partition coefficient (Wildman–Crippen LogP) is 4.51. The smallest absolute Gasteiger partial charge is 0.362 e. The molecular formula is C28H35F3N8O. The van der Waals surface area contributed by atoms with Crippen molar-refractivity contribution >= 4 is 34.5 Å². The van der Waals surface area contributed by atoms with Crippen LogP contribution in [0.5, 0.6) is 0 Å². The minimum atomic E-state index is -4.51. The van der Waals surface area contributed by atoms with E-state index in [0.717, 1.165) is 54.7 Å². The number of benzene rings is 1. The van der Waals surface area contributed by atoms with Crippen molar-refractivity contribution < 1.29 is 18.0 Å². The van der Waals surface area contributed by atoms with Crippen LogP contribution in [0.1, 0.15) is 44.2 Å². The van der Waals surface area contributed by atoms with Gasteiger partial charge in [-0.15, -0.1) is 0 Å². The van der Waals surface area contributed by atoms with E-state index in [-0.39, 0.29) is 23.8 Å². The summed E-state index contributed by atoms with van der Waals surface area (Å²) in [4.78, 5) is 33.7. The van der Waals surface area contributed by atoms with E-state index in [1.807, 2.05) is 43.3 Å². The van der Waals surface area contributed by atoms with Crippen LogP contribution in [0.3, 0.4) is 0 Å². The van der Waals surface area contributed by atoms with Crippen LogP contribution in [0.4, 0.5) is 30.9 Å².